The number of ether oxygens (including phenoxy) is 1. The molecule has 0 spiro atoms. The first-order chi connectivity index (χ1) is 10.7. The molecule has 0 saturated carbocycles. The van der Waals surface area contributed by atoms with Gasteiger partial charge in [0.25, 0.3) is 0 Å². The molecule has 0 radical (unpaired) electrons. The minimum Gasteiger partial charge on any atom is -0.489 e. The van der Waals surface area contributed by atoms with Gasteiger partial charge >= 0.3 is 5.63 Å². The molecule has 0 bridgehead atoms. The Morgan fingerprint density at radius 2 is 1.86 bits per heavy atom. The molecule has 1 aromatic heterocycles. The highest BCUT2D eigenvalue weighted by atomic mass is 16.5. The van der Waals surface area contributed by atoms with Gasteiger partial charge in [-0.25, -0.2) is 4.79 Å². The summed E-state index contributed by atoms with van der Waals surface area (Å²) in [6, 6.07) is 15.4. The van der Waals surface area contributed by atoms with Crippen LogP contribution in [0.5, 0.6) is 5.75 Å². The largest absolute Gasteiger partial charge is 0.489 e. The molecule has 0 unspecified atom stereocenters. The van der Waals surface area contributed by atoms with Gasteiger partial charge in [-0.15, -0.1) is 0 Å². The summed E-state index contributed by atoms with van der Waals surface area (Å²) in [6.45, 7) is 4.60. The summed E-state index contributed by atoms with van der Waals surface area (Å²) >= 11 is 0. The third kappa shape index (κ3) is 2.62. The quantitative estimate of drug-likeness (QED) is 0.662. The third-order valence-electron chi connectivity index (χ3n) is 3.60. The van der Waals surface area contributed by atoms with Crippen LogP contribution in [0.1, 0.15) is 18.9 Å². The van der Waals surface area contributed by atoms with Crippen molar-refractivity contribution >= 4 is 11.0 Å². The molecule has 0 saturated heterocycles. The maximum Gasteiger partial charge on any atom is 0.336 e. The fourth-order valence-corrected chi connectivity index (χ4v) is 2.54. The molecule has 0 aliphatic rings. The van der Waals surface area contributed by atoms with Crippen molar-refractivity contribution in [2.45, 2.75) is 20.3 Å². The van der Waals surface area contributed by atoms with E-state index in [0.717, 1.165) is 28.5 Å². The van der Waals surface area contributed by atoms with Crippen molar-refractivity contribution in [3.05, 3.63) is 64.5 Å². The van der Waals surface area contributed by atoms with Gasteiger partial charge in [-0.05, 0) is 30.0 Å². The summed E-state index contributed by atoms with van der Waals surface area (Å²) in [5.41, 5.74) is 2.99. The second kappa shape index (κ2) is 6.06. The molecule has 2 aromatic carbocycles. The molecule has 3 nitrogen and oxygen atoms in total. The zero-order valence-corrected chi connectivity index (χ0v) is 12.8. The van der Waals surface area contributed by atoms with E-state index in [4.69, 9.17) is 9.15 Å². The van der Waals surface area contributed by atoms with E-state index in [1.165, 1.54) is 6.07 Å². The summed E-state index contributed by atoms with van der Waals surface area (Å²) < 4.78 is 11.3. The van der Waals surface area contributed by atoms with Crippen LogP contribution < -0.4 is 10.4 Å². The molecule has 3 aromatic rings. The maximum atomic E-state index is 12.0. The van der Waals surface area contributed by atoms with Crippen LogP contribution in [-0.2, 0) is 0 Å². The average Bonchev–Trinajstić information content (AvgIpc) is 2.54. The highest BCUT2D eigenvalue weighted by molar-refractivity contribution is 5.96. The zero-order chi connectivity index (χ0) is 15.5. The maximum absolute atomic E-state index is 12.0. The van der Waals surface area contributed by atoms with E-state index in [0.29, 0.717) is 17.9 Å². The van der Waals surface area contributed by atoms with Gasteiger partial charge in [-0.1, -0.05) is 49.4 Å². The van der Waals surface area contributed by atoms with Crippen molar-refractivity contribution in [1.82, 2.24) is 0 Å². The van der Waals surface area contributed by atoms with Crippen molar-refractivity contribution in [1.29, 1.82) is 0 Å². The molecular weight excluding hydrogens is 276 g/mol. The Kier molecular flexibility index (Phi) is 3.96. The van der Waals surface area contributed by atoms with E-state index in [2.05, 4.69) is 0 Å². The van der Waals surface area contributed by atoms with Crippen molar-refractivity contribution in [2.24, 2.45) is 0 Å². The Hall–Kier alpha value is -2.55. The van der Waals surface area contributed by atoms with Crippen LogP contribution in [0.15, 0.2) is 57.7 Å². The lowest BCUT2D eigenvalue weighted by molar-refractivity contribution is 0.313. The van der Waals surface area contributed by atoms with Crippen molar-refractivity contribution in [2.75, 3.05) is 6.61 Å². The summed E-state index contributed by atoms with van der Waals surface area (Å²) in [6.07, 6.45) is 0.901. The number of fused-ring (bicyclic) bond motifs is 1. The van der Waals surface area contributed by atoms with E-state index in [1.807, 2.05) is 56.3 Å². The normalized spacial score (nSPS) is 10.8. The number of aryl methyl sites for hydroxylation is 1. The Balaban J connectivity index is 2.29. The molecular formula is C19H18O3. The van der Waals surface area contributed by atoms with Crippen LogP contribution in [0.25, 0.3) is 22.1 Å². The van der Waals surface area contributed by atoms with Crippen LogP contribution in [-0.4, -0.2) is 6.61 Å². The Morgan fingerprint density at radius 3 is 2.59 bits per heavy atom. The van der Waals surface area contributed by atoms with Crippen LogP contribution >= 0.6 is 0 Å². The molecule has 22 heavy (non-hydrogen) atoms. The Labute approximate surface area is 129 Å². The molecule has 0 aliphatic carbocycles. The molecule has 0 atom stereocenters. The summed E-state index contributed by atoms with van der Waals surface area (Å²) in [5, 5.41) is 0.891. The number of hydrogen-bond donors (Lipinski definition) is 0. The molecule has 1 heterocycles. The predicted molar refractivity (Wildman–Crippen MR) is 88.4 cm³/mol. The SMILES string of the molecule is CCCOc1c(C)ccc2c(-c3ccccc3)cc(=O)oc12. The second-order valence-electron chi connectivity index (χ2n) is 5.28. The summed E-state index contributed by atoms with van der Waals surface area (Å²) in [4.78, 5) is 12.0. The lowest BCUT2D eigenvalue weighted by Gasteiger charge is -2.12. The van der Waals surface area contributed by atoms with Gasteiger partial charge in [0.1, 0.15) is 0 Å². The van der Waals surface area contributed by atoms with E-state index in [-0.39, 0.29) is 5.63 Å². The highest BCUT2D eigenvalue weighted by Crippen LogP contribution is 2.34. The summed E-state index contributed by atoms with van der Waals surface area (Å²) in [5.74, 6) is 0.661. The standard InChI is InChI=1S/C19H18O3/c1-3-11-21-18-13(2)9-10-15-16(12-17(20)22-19(15)18)14-7-5-4-6-8-14/h4-10,12H,3,11H2,1-2H3. The van der Waals surface area contributed by atoms with E-state index in [9.17, 15) is 4.79 Å². The molecule has 0 fully saturated rings. The minimum atomic E-state index is -0.363. The van der Waals surface area contributed by atoms with Crippen LogP contribution in [0.3, 0.4) is 0 Å². The van der Waals surface area contributed by atoms with Gasteiger partial charge in [0.05, 0.1) is 6.61 Å². The van der Waals surface area contributed by atoms with E-state index in [1.54, 1.807) is 0 Å². The number of benzene rings is 2. The monoisotopic (exact) mass is 294 g/mol. The first kappa shape index (κ1) is 14.4. The van der Waals surface area contributed by atoms with Gasteiger partial charge in [0, 0.05) is 11.5 Å². The third-order valence-corrected chi connectivity index (χ3v) is 3.60. The minimum absolute atomic E-state index is 0.363. The Bertz CT molecular complexity index is 848. The highest BCUT2D eigenvalue weighted by Gasteiger charge is 2.14. The first-order valence-electron chi connectivity index (χ1n) is 7.46. The smallest absolute Gasteiger partial charge is 0.336 e. The summed E-state index contributed by atoms with van der Waals surface area (Å²) in [7, 11) is 0. The first-order valence-corrected chi connectivity index (χ1v) is 7.46. The van der Waals surface area contributed by atoms with Gasteiger partial charge in [0.15, 0.2) is 11.3 Å². The van der Waals surface area contributed by atoms with Crippen LogP contribution in [0.2, 0.25) is 0 Å². The van der Waals surface area contributed by atoms with Gasteiger partial charge in [0.2, 0.25) is 0 Å². The van der Waals surface area contributed by atoms with E-state index >= 15 is 0 Å². The molecule has 112 valence electrons. The zero-order valence-electron chi connectivity index (χ0n) is 12.8. The van der Waals surface area contributed by atoms with E-state index < -0.39 is 0 Å². The predicted octanol–water partition coefficient (Wildman–Crippen LogP) is 4.56. The van der Waals surface area contributed by atoms with Gasteiger partial charge in [-0.3, -0.25) is 0 Å². The van der Waals surface area contributed by atoms with Gasteiger partial charge < -0.3 is 9.15 Å². The molecule has 0 amide bonds. The van der Waals surface area contributed by atoms with Crippen molar-refractivity contribution in [3.8, 4) is 16.9 Å². The number of rotatable bonds is 4. The molecule has 0 aliphatic heterocycles. The lowest BCUT2D eigenvalue weighted by atomic mass is 10.0. The van der Waals surface area contributed by atoms with Crippen molar-refractivity contribution < 1.29 is 9.15 Å². The average molecular weight is 294 g/mol. The molecule has 3 heteroatoms. The topological polar surface area (TPSA) is 39.4 Å². The van der Waals surface area contributed by atoms with Crippen LogP contribution in [0, 0.1) is 6.92 Å². The lowest BCUT2D eigenvalue weighted by Crippen LogP contribution is -2.02. The van der Waals surface area contributed by atoms with Gasteiger partial charge in [-0.2, -0.15) is 0 Å². The van der Waals surface area contributed by atoms with Crippen molar-refractivity contribution in [3.63, 3.8) is 0 Å². The number of hydrogen-bond acceptors (Lipinski definition) is 3. The molecule has 0 N–H and O–H groups in total. The molecule has 3 rings (SSSR count). The van der Waals surface area contributed by atoms with Crippen LogP contribution in [0.4, 0.5) is 0 Å². The Morgan fingerprint density at radius 1 is 1.09 bits per heavy atom. The second-order valence-corrected chi connectivity index (χ2v) is 5.28. The fraction of sp³-hybridized carbons (Fsp3) is 0.211. The fourth-order valence-electron chi connectivity index (χ4n) is 2.54.